The molecule has 40 nitrogen and oxygen atoms in total. The Bertz CT molecular complexity index is 3550. The van der Waals surface area contributed by atoms with Crippen LogP contribution in [-0.2, 0) is 68.6 Å². The molecule has 3 fully saturated rings. The topological polar surface area (TPSA) is 581 Å². The number of rotatable bonds is 30. The van der Waals surface area contributed by atoms with Gasteiger partial charge in [0, 0.05) is 6.16 Å². The van der Waals surface area contributed by atoms with Crippen molar-refractivity contribution < 1.29 is 113 Å². The van der Waals surface area contributed by atoms with E-state index < -0.39 is 132 Å². The largest absolute Gasteiger partial charge is 0.498 e. The van der Waals surface area contributed by atoms with Gasteiger partial charge in [0.25, 0.3) is 7.52 Å². The third kappa shape index (κ3) is 15.3. The average molecular weight is 1300 g/mol. The van der Waals surface area contributed by atoms with Gasteiger partial charge in [-0.25, -0.2) is 63.1 Å². The van der Waals surface area contributed by atoms with Crippen LogP contribution in [0.5, 0.6) is 0 Å². The molecule has 6 aromatic rings. The molecule has 9 rings (SSSR count). The van der Waals surface area contributed by atoms with Gasteiger partial charge in [-0.2, -0.15) is 8.94 Å². The highest BCUT2D eigenvalue weighted by Gasteiger charge is 2.54. The summed E-state index contributed by atoms with van der Waals surface area (Å²) in [7, 11) is -26.9. The second kappa shape index (κ2) is 26.6. The first kappa shape index (κ1) is 64.9. The number of unbranched alkanes of at least 4 members (excludes halogenated alkanes) is 7. The van der Waals surface area contributed by atoms with Crippen LogP contribution in [0.2, 0.25) is 0 Å². The smallest absolute Gasteiger partial charge is 0.387 e. The molecule has 0 spiro atoms. The summed E-state index contributed by atoms with van der Waals surface area (Å²) in [5, 5.41) is 46.6. The molecule has 6 aromatic heterocycles. The molecule has 3 aliphatic heterocycles. The highest BCUT2D eigenvalue weighted by molar-refractivity contribution is 7.62. The zero-order valence-corrected chi connectivity index (χ0v) is 48.8. The van der Waals surface area contributed by atoms with E-state index in [1.807, 2.05) is 0 Å². The normalized spacial score (nSPS) is 29.1. The molecule has 9 heterocycles. The number of aliphatic hydroxyl groups excluding tert-OH is 4. The van der Waals surface area contributed by atoms with E-state index >= 15 is 0 Å². The fraction of sp³-hybridized carbons (Fsp3) is 0.625. The summed E-state index contributed by atoms with van der Waals surface area (Å²) in [4.78, 5) is 89.4. The zero-order chi connectivity index (χ0) is 61.2. The molecular weight excluding hydrogens is 1240 g/mol. The van der Waals surface area contributed by atoms with Crippen LogP contribution in [0.15, 0.2) is 38.0 Å². The van der Waals surface area contributed by atoms with Crippen LogP contribution in [0, 0.1) is 0 Å². The van der Waals surface area contributed by atoms with Gasteiger partial charge in [0.15, 0.2) is 53.1 Å². The summed E-state index contributed by atoms with van der Waals surface area (Å²) in [6, 6.07) is 0. The van der Waals surface area contributed by atoms with E-state index in [4.69, 9.17) is 54.0 Å². The summed E-state index contributed by atoms with van der Waals surface area (Å²) in [5.74, 6) is -0.267. The zero-order valence-electron chi connectivity index (χ0n) is 44.4. The number of phosphoric acid groups is 4. The van der Waals surface area contributed by atoms with Crippen LogP contribution >= 0.6 is 38.8 Å². The number of nitrogens with one attached hydrogen (secondary N) is 1. The SMILES string of the molecule is CCCCCCCCCCP(=O)(O)NOP(=O)(O)OP(=O)(O)OC[C@H]1O[C@@H](n2cnc3c(N)ncnc32)C(OP(=O)(O)OC[C@H]2O[C@@H](n3cnc4c(N)ncnc43)[C@H](OP(=O)(O)OC[C@H]3O[C@@H](n4cnc5c(N)ncnc54)[C@H](O)[C@@H]3O)[C@@H]2O)[C@@H]1O. The molecule has 0 saturated carbocycles. The lowest BCUT2D eigenvalue weighted by molar-refractivity contribution is -0.0644. The van der Waals surface area contributed by atoms with Gasteiger partial charge in [0.2, 0.25) is 0 Å². The lowest BCUT2D eigenvalue weighted by atomic mass is 10.1. The first-order valence-electron chi connectivity index (χ1n) is 25.8. The highest BCUT2D eigenvalue weighted by Crippen LogP contribution is 2.61. The minimum absolute atomic E-state index is 0.00423. The molecule has 0 aliphatic carbocycles. The molecule has 6 unspecified atom stereocenters. The molecule has 17 atom stereocenters. The standard InChI is InChI=1S/C40H61N16O24P5/c1-2-3-4-5-6-7-8-9-10-81(61,62)53-79-85(69,70)80-84(67,68)73-13-22-28(59)31(40(76-22)56-19-52-25-34(43)46-16-49-37(25)56)78-83(65,66)72-12-21-27(58)30(39(75-21)55-18-51-24-33(42)45-15-48-36(24)55)77-82(63,64)71-11-20-26(57)29(60)38(74-20)54-17-50-23-32(41)44-14-47-35(23)54/h14-22,26-31,38-40,57-60H,2-13H2,1H3,(H,63,64)(H,65,66)(H,67,68)(H,69,70)(H2,41,44,47)(H2,42,45,48)(H2,43,46,49)(H2,53,61,62)/t20-,21-,22-,26-,27-,28-,29-,30-,31?,38-,39-,40-/m1/s1. The Morgan fingerprint density at radius 3 is 1.31 bits per heavy atom. The number of phosphoric ester groups is 3. The lowest BCUT2D eigenvalue weighted by Gasteiger charge is -2.25. The Morgan fingerprint density at radius 1 is 0.494 bits per heavy atom. The number of nitrogen functional groups attached to an aromatic ring is 3. The van der Waals surface area contributed by atoms with Gasteiger partial charge in [0.1, 0.15) is 90.5 Å². The van der Waals surface area contributed by atoms with Crippen molar-refractivity contribution in [3.8, 4) is 0 Å². The molecule has 45 heteroatoms. The Labute approximate surface area is 478 Å². The summed E-state index contributed by atoms with van der Waals surface area (Å²) < 4.78 is 122. The van der Waals surface area contributed by atoms with E-state index in [0.29, 0.717) is 6.42 Å². The van der Waals surface area contributed by atoms with Gasteiger partial charge in [-0.1, -0.05) is 51.9 Å². The predicted octanol–water partition coefficient (Wildman–Crippen LogP) is 0.474. The summed E-state index contributed by atoms with van der Waals surface area (Å²) >= 11 is 0. The van der Waals surface area contributed by atoms with E-state index in [1.165, 1.54) is 16.1 Å². The van der Waals surface area contributed by atoms with E-state index in [9.17, 15) is 67.7 Å². The highest BCUT2D eigenvalue weighted by atomic mass is 31.3. The number of hydrogen-bond donors (Lipinski definition) is 13. The van der Waals surface area contributed by atoms with Crippen molar-refractivity contribution in [2.75, 3.05) is 43.2 Å². The second-order valence-corrected chi connectivity index (χ2v) is 27.3. The number of fused-ring (bicyclic) bond motifs is 3. The van der Waals surface area contributed by atoms with Gasteiger partial charge in [0.05, 0.1) is 38.8 Å². The third-order valence-electron chi connectivity index (χ3n) is 13.5. The van der Waals surface area contributed by atoms with Crippen molar-refractivity contribution in [2.45, 2.75) is 132 Å². The number of aromatic nitrogens is 12. The summed E-state index contributed by atoms with van der Waals surface area (Å²) in [6.45, 7) is -1.18. The Hall–Kier alpha value is -4.60. The molecular formula is C40H61N16O24P5. The fourth-order valence-electron chi connectivity index (χ4n) is 9.32. The maximum absolute atomic E-state index is 14.0. The van der Waals surface area contributed by atoms with Crippen molar-refractivity contribution in [1.82, 2.24) is 63.8 Å². The van der Waals surface area contributed by atoms with Crippen LogP contribution in [0.4, 0.5) is 17.5 Å². The van der Waals surface area contributed by atoms with E-state index in [0.717, 1.165) is 79.3 Å². The van der Waals surface area contributed by atoms with Crippen LogP contribution in [0.1, 0.15) is 77.0 Å². The average Bonchev–Trinajstić information content (AvgIpc) is 3.72. The van der Waals surface area contributed by atoms with Crippen molar-refractivity contribution in [2.24, 2.45) is 0 Å². The van der Waals surface area contributed by atoms with Gasteiger partial charge in [-0.15, -0.1) is 5.25 Å². The van der Waals surface area contributed by atoms with Crippen molar-refractivity contribution in [3.05, 3.63) is 38.0 Å². The van der Waals surface area contributed by atoms with Crippen molar-refractivity contribution >= 4 is 89.8 Å². The van der Waals surface area contributed by atoms with Crippen molar-refractivity contribution in [1.29, 1.82) is 0 Å². The molecule has 16 N–H and O–H groups in total. The second-order valence-electron chi connectivity index (χ2n) is 19.5. The molecule has 85 heavy (non-hydrogen) atoms. The maximum Gasteiger partial charge on any atom is 0.498 e. The minimum Gasteiger partial charge on any atom is -0.387 e. The fourth-order valence-corrected chi connectivity index (χ4v) is 14.5. The van der Waals surface area contributed by atoms with E-state index in [2.05, 4.69) is 60.7 Å². The molecule has 0 bridgehead atoms. The Morgan fingerprint density at radius 2 is 0.871 bits per heavy atom. The van der Waals surface area contributed by atoms with E-state index in [-0.39, 0.29) is 63.5 Å². The molecule has 3 aliphatic rings. The summed E-state index contributed by atoms with van der Waals surface area (Å²) in [6.07, 6.45) is -8.89. The lowest BCUT2D eigenvalue weighted by Crippen LogP contribution is -2.37. The van der Waals surface area contributed by atoms with Crippen molar-refractivity contribution in [3.63, 3.8) is 0 Å². The quantitative estimate of drug-likeness (QED) is 0.0166. The first-order chi connectivity index (χ1) is 40.2. The van der Waals surface area contributed by atoms with Crippen LogP contribution in [0.25, 0.3) is 33.5 Å². The van der Waals surface area contributed by atoms with Gasteiger partial charge in [-0.05, 0) is 6.42 Å². The molecule has 0 amide bonds. The van der Waals surface area contributed by atoms with Gasteiger partial charge in [-0.3, -0.25) is 40.9 Å². The van der Waals surface area contributed by atoms with Crippen LogP contribution in [0.3, 0.4) is 0 Å². The van der Waals surface area contributed by atoms with E-state index in [1.54, 1.807) is 0 Å². The number of ether oxygens (including phenoxy) is 3. The summed E-state index contributed by atoms with van der Waals surface area (Å²) in [5.41, 5.74) is 17.9. The number of nitrogens with two attached hydrogens (primary N) is 3. The minimum atomic E-state index is -5.73. The Kier molecular flexibility index (Phi) is 20.3. The number of imidazole rings is 3. The first-order valence-corrected chi connectivity index (χ1v) is 33.6. The maximum atomic E-state index is 14.0. The molecule has 0 aromatic carbocycles. The molecule has 470 valence electrons. The number of anilines is 3. The molecule has 0 radical (unpaired) electrons. The number of hydrogen-bond acceptors (Lipinski definition) is 31. The van der Waals surface area contributed by atoms with Gasteiger partial charge < -0.3 is 76.3 Å². The molecule has 3 saturated heterocycles. The predicted molar refractivity (Wildman–Crippen MR) is 284 cm³/mol. The van der Waals surface area contributed by atoms with Crippen LogP contribution < -0.4 is 22.5 Å². The van der Waals surface area contributed by atoms with Crippen LogP contribution in [-0.4, -0.2) is 184 Å². The Balaban J connectivity index is 0.858. The third-order valence-corrected chi connectivity index (χ3v) is 19.3. The number of nitrogens with zero attached hydrogens (tertiary/aromatic N) is 12. The van der Waals surface area contributed by atoms with Gasteiger partial charge >= 0.3 is 31.3 Å². The number of aliphatic hydroxyl groups is 4. The monoisotopic (exact) mass is 1300 g/mol.